The number of fused-ring (bicyclic) bond motifs is 1. The van der Waals surface area contributed by atoms with E-state index in [2.05, 4.69) is 29.2 Å². The standard InChI is InChI=1S/C18H20BNO2/c21-19-17-7-3-2-6-16(17)18(22-19)14-8-10-15(11-9-14)20-12-4-1-5-13-20/h2-3,6-11,18,21H,1,4-5,12-13H2. The average molecular weight is 293 g/mol. The van der Waals surface area contributed by atoms with Crippen LogP contribution in [0, 0.1) is 0 Å². The largest absolute Gasteiger partial charge is 0.492 e. The van der Waals surface area contributed by atoms with E-state index in [0.717, 1.165) is 29.7 Å². The zero-order chi connectivity index (χ0) is 14.9. The van der Waals surface area contributed by atoms with Crippen LogP contribution in [0.25, 0.3) is 0 Å². The first-order valence-corrected chi connectivity index (χ1v) is 8.10. The minimum absolute atomic E-state index is 0.165. The summed E-state index contributed by atoms with van der Waals surface area (Å²) in [5.41, 5.74) is 4.34. The van der Waals surface area contributed by atoms with Crippen molar-refractivity contribution in [2.24, 2.45) is 0 Å². The van der Waals surface area contributed by atoms with Crippen LogP contribution in [0.4, 0.5) is 5.69 Å². The van der Waals surface area contributed by atoms with Crippen LogP contribution in [0.5, 0.6) is 0 Å². The van der Waals surface area contributed by atoms with Gasteiger partial charge in [0.15, 0.2) is 0 Å². The predicted molar refractivity (Wildman–Crippen MR) is 89.5 cm³/mol. The van der Waals surface area contributed by atoms with E-state index in [9.17, 15) is 5.02 Å². The van der Waals surface area contributed by atoms with Crippen LogP contribution in [0.2, 0.25) is 0 Å². The van der Waals surface area contributed by atoms with Gasteiger partial charge in [-0.25, -0.2) is 0 Å². The predicted octanol–water partition coefficient (Wildman–Crippen LogP) is 2.48. The van der Waals surface area contributed by atoms with Crippen molar-refractivity contribution in [2.45, 2.75) is 25.4 Å². The molecule has 2 aromatic carbocycles. The van der Waals surface area contributed by atoms with Crippen molar-refractivity contribution in [3.05, 3.63) is 59.7 Å². The lowest BCUT2D eigenvalue weighted by Crippen LogP contribution is -2.29. The topological polar surface area (TPSA) is 32.7 Å². The number of benzene rings is 2. The highest BCUT2D eigenvalue weighted by Crippen LogP contribution is 2.31. The molecule has 0 bridgehead atoms. The van der Waals surface area contributed by atoms with E-state index in [-0.39, 0.29) is 6.10 Å². The minimum atomic E-state index is -0.817. The monoisotopic (exact) mass is 293 g/mol. The van der Waals surface area contributed by atoms with Crippen LogP contribution in [0.1, 0.15) is 36.5 Å². The highest BCUT2D eigenvalue weighted by molar-refractivity contribution is 6.61. The lowest BCUT2D eigenvalue weighted by atomic mass is 9.79. The summed E-state index contributed by atoms with van der Waals surface area (Å²) in [6, 6.07) is 16.5. The summed E-state index contributed by atoms with van der Waals surface area (Å²) in [4.78, 5) is 2.45. The highest BCUT2D eigenvalue weighted by Gasteiger charge is 2.35. The third-order valence-electron chi connectivity index (χ3n) is 4.73. The van der Waals surface area contributed by atoms with E-state index in [4.69, 9.17) is 4.65 Å². The maximum absolute atomic E-state index is 10.0. The molecule has 22 heavy (non-hydrogen) atoms. The van der Waals surface area contributed by atoms with Gasteiger partial charge in [0.25, 0.3) is 0 Å². The van der Waals surface area contributed by atoms with Gasteiger partial charge in [-0.15, -0.1) is 0 Å². The van der Waals surface area contributed by atoms with Gasteiger partial charge in [-0.1, -0.05) is 36.4 Å². The summed E-state index contributed by atoms with van der Waals surface area (Å²) in [6.45, 7) is 2.31. The molecule has 112 valence electrons. The van der Waals surface area contributed by atoms with Gasteiger partial charge >= 0.3 is 7.12 Å². The molecular formula is C18H20BNO2. The molecular weight excluding hydrogens is 273 g/mol. The first-order chi connectivity index (χ1) is 10.8. The van der Waals surface area contributed by atoms with E-state index in [1.165, 1.54) is 24.9 Å². The van der Waals surface area contributed by atoms with Gasteiger partial charge in [0.1, 0.15) is 0 Å². The summed E-state index contributed by atoms with van der Waals surface area (Å²) >= 11 is 0. The van der Waals surface area contributed by atoms with Crippen molar-refractivity contribution in [3.8, 4) is 0 Å². The molecule has 2 aliphatic heterocycles. The summed E-state index contributed by atoms with van der Waals surface area (Å²) < 4.78 is 5.75. The highest BCUT2D eigenvalue weighted by atomic mass is 16.5. The second kappa shape index (κ2) is 5.78. The molecule has 0 radical (unpaired) electrons. The molecule has 0 amide bonds. The molecule has 1 fully saturated rings. The fourth-order valence-electron chi connectivity index (χ4n) is 3.52. The van der Waals surface area contributed by atoms with Crippen molar-refractivity contribution >= 4 is 18.3 Å². The average Bonchev–Trinajstić information content (AvgIpc) is 2.93. The smallest absolute Gasteiger partial charge is 0.423 e. The lowest BCUT2D eigenvalue weighted by molar-refractivity contribution is 0.226. The van der Waals surface area contributed by atoms with Crippen molar-refractivity contribution in [1.29, 1.82) is 0 Å². The Morgan fingerprint density at radius 1 is 0.955 bits per heavy atom. The minimum Gasteiger partial charge on any atom is -0.423 e. The Morgan fingerprint density at radius 3 is 2.45 bits per heavy atom. The molecule has 2 heterocycles. The Bertz CT molecular complexity index is 652. The van der Waals surface area contributed by atoms with Gasteiger partial charge in [0, 0.05) is 18.8 Å². The van der Waals surface area contributed by atoms with Crippen molar-refractivity contribution in [2.75, 3.05) is 18.0 Å². The molecule has 4 heteroatoms. The third kappa shape index (κ3) is 2.42. The number of piperidine rings is 1. The second-order valence-electron chi connectivity index (χ2n) is 6.14. The van der Waals surface area contributed by atoms with E-state index >= 15 is 0 Å². The van der Waals surface area contributed by atoms with Crippen molar-refractivity contribution < 1.29 is 9.68 Å². The molecule has 1 N–H and O–H groups in total. The molecule has 0 spiro atoms. The van der Waals surface area contributed by atoms with Gasteiger partial charge in [-0.05, 0) is 48.0 Å². The van der Waals surface area contributed by atoms with E-state index in [1.54, 1.807) is 0 Å². The van der Waals surface area contributed by atoms with Gasteiger partial charge in [-0.3, -0.25) is 0 Å². The Kier molecular flexibility index (Phi) is 3.64. The number of anilines is 1. The maximum Gasteiger partial charge on any atom is 0.492 e. The molecule has 1 saturated heterocycles. The number of hydrogen-bond donors (Lipinski definition) is 1. The van der Waals surface area contributed by atoms with E-state index < -0.39 is 7.12 Å². The second-order valence-corrected chi connectivity index (χ2v) is 6.14. The molecule has 2 aliphatic rings. The molecule has 0 saturated carbocycles. The molecule has 3 nitrogen and oxygen atoms in total. The Balaban J connectivity index is 1.59. The molecule has 0 aliphatic carbocycles. The van der Waals surface area contributed by atoms with Gasteiger partial charge in [-0.2, -0.15) is 0 Å². The van der Waals surface area contributed by atoms with Crippen LogP contribution in [-0.4, -0.2) is 25.2 Å². The van der Waals surface area contributed by atoms with Crippen LogP contribution in [0.3, 0.4) is 0 Å². The SMILES string of the molecule is OB1OC(c2ccc(N3CCCCC3)cc2)c2ccccc21. The lowest BCUT2D eigenvalue weighted by Gasteiger charge is -2.29. The number of hydrogen-bond acceptors (Lipinski definition) is 3. The van der Waals surface area contributed by atoms with Gasteiger partial charge in [0.05, 0.1) is 6.10 Å². The van der Waals surface area contributed by atoms with Gasteiger partial charge in [0.2, 0.25) is 0 Å². The van der Waals surface area contributed by atoms with Gasteiger partial charge < -0.3 is 14.6 Å². The van der Waals surface area contributed by atoms with Crippen LogP contribution >= 0.6 is 0 Å². The fraction of sp³-hybridized carbons (Fsp3) is 0.333. The Morgan fingerprint density at radius 2 is 1.68 bits per heavy atom. The van der Waals surface area contributed by atoms with Crippen molar-refractivity contribution in [1.82, 2.24) is 0 Å². The molecule has 1 atom stereocenters. The summed E-state index contributed by atoms with van der Waals surface area (Å²) in [5.74, 6) is 0. The normalized spacial score (nSPS) is 21.0. The fourth-order valence-corrected chi connectivity index (χ4v) is 3.52. The van der Waals surface area contributed by atoms with E-state index in [0.29, 0.717) is 0 Å². The number of rotatable bonds is 2. The molecule has 4 rings (SSSR count). The molecule has 0 aromatic heterocycles. The Hall–Kier alpha value is -1.78. The first kappa shape index (κ1) is 13.9. The van der Waals surface area contributed by atoms with Crippen LogP contribution in [0.15, 0.2) is 48.5 Å². The summed E-state index contributed by atoms with van der Waals surface area (Å²) in [6.07, 6.45) is 3.75. The zero-order valence-corrected chi connectivity index (χ0v) is 12.6. The molecule has 1 unspecified atom stereocenters. The quantitative estimate of drug-likeness (QED) is 0.864. The number of nitrogens with zero attached hydrogens (tertiary/aromatic N) is 1. The van der Waals surface area contributed by atoms with Crippen LogP contribution < -0.4 is 10.4 Å². The first-order valence-electron chi connectivity index (χ1n) is 8.10. The zero-order valence-electron chi connectivity index (χ0n) is 12.6. The molecule has 2 aromatic rings. The van der Waals surface area contributed by atoms with Crippen molar-refractivity contribution in [3.63, 3.8) is 0 Å². The van der Waals surface area contributed by atoms with Crippen LogP contribution in [-0.2, 0) is 4.65 Å². The summed E-state index contributed by atoms with van der Waals surface area (Å²) in [7, 11) is -0.817. The maximum atomic E-state index is 10.0. The summed E-state index contributed by atoms with van der Waals surface area (Å²) in [5, 5.41) is 10.0. The third-order valence-corrected chi connectivity index (χ3v) is 4.73. The van der Waals surface area contributed by atoms with E-state index in [1.807, 2.05) is 24.3 Å². The Labute approximate surface area is 131 Å².